The van der Waals surface area contributed by atoms with Gasteiger partial charge in [0.25, 0.3) is 0 Å². The SMILES string of the molecule is C[C@@]12CCCC[C@H]1CC(=O)[C@H](Br)C2. The second kappa shape index (κ2) is 3.38. The van der Waals surface area contributed by atoms with Crippen molar-refractivity contribution in [1.29, 1.82) is 0 Å². The molecule has 0 bridgehead atoms. The van der Waals surface area contributed by atoms with Crippen LogP contribution in [0.2, 0.25) is 0 Å². The maximum Gasteiger partial charge on any atom is 0.146 e. The number of ketones is 1. The summed E-state index contributed by atoms with van der Waals surface area (Å²) in [6, 6.07) is 0. The van der Waals surface area contributed by atoms with Crippen LogP contribution in [0.4, 0.5) is 0 Å². The molecule has 2 aliphatic rings. The second-order valence-corrected chi connectivity index (χ2v) is 6.04. The number of hydrogen-bond donors (Lipinski definition) is 0. The van der Waals surface area contributed by atoms with Crippen molar-refractivity contribution in [2.45, 2.75) is 50.3 Å². The van der Waals surface area contributed by atoms with Crippen LogP contribution in [0.25, 0.3) is 0 Å². The zero-order valence-electron chi connectivity index (χ0n) is 8.18. The molecular formula is C11H17BrO. The minimum Gasteiger partial charge on any atom is -0.298 e. The van der Waals surface area contributed by atoms with Crippen LogP contribution in [0.3, 0.4) is 0 Å². The molecule has 0 aromatic heterocycles. The van der Waals surface area contributed by atoms with Gasteiger partial charge in [0.05, 0.1) is 4.83 Å². The molecule has 2 heteroatoms. The average molecular weight is 245 g/mol. The summed E-state index contributed by atoms with van der Waals surface area (Å²) >= 11 is 3.50. The quantitative estimate of drug-likeness (QED) is 0.598. The topological polar surface area (TPSA) is 17.1 Å². The van der Waals surface area contributed by atoms with Gasteiger partial charge >= 0.3 is 0 Å². The molecule has 0 spiro atoms. The van der Waals surface area contributed by atoms with Crippen molar-refractivity contribution in [1.82, 2.24) is 0 Å². The monoisotopic (exact) mass is 244 g/mol. The maximum atomic E-state index is 11.5. The molecule has 0 aromatic rings. The van der Waals surface area contributed by atoms with E-state index >= 15 is 0 Å². The molecule has 0 aromatic carbocycles. The highest BCUT2D eigenvalue weighted by molar-refractivity contribution is 9.10. The van der Waals surface area contributed by atoms with Crippen LogP contribution >= 0.6 is 15.9 Å². The fourth-order valence-corrected chi connectivity index (χ4v) is 3.91. The first-order valence-electron chi connectivity index (χ1n) is 5.29. The van der Waals surface area contributed by atoms with Crippen LogP contribution in [0, 0.1) is 11.3 Å². The van der Waals surface area contributed by atoms with E-state index in [0.717, 1.165) is 12.8 Å². The number of alkyl halides is 1. The Hall–Kier alpha value is 0.150. The summed E-state index contributed by atoms with van der Waals surface area (Å²) in [6.07, 6.45) is 7.19. The van der Waals surface area contributed by atoms with Crippen molar-refractivity contribution < 1.29 is 4.79 Å². The minimum atomic E-state index is 0.145. The lowest BCUT2D eigenvalue weighted by atomic mass is 9.60. The standard InChI is InChI=1S/C11H17BrO/c1-11-5-3-2-4-8(11)6-10(13)9(12)7-11/h8-9H,2-7H2,1H3/t8-,9+,11-/m0/s1. The molecule has 2 fully saturated rings. The first-order chi connectivity index (χ1) is 6.12. The lowest BCUT2D eigenvalue weighted by Crippen LogP contribution is -2.41. The van der Waals surface area contributed by atoms with Crippen molar-refractivity contribution >= 4 is 21.7 Å². The first-order valence-corrected chi connectivity index (χ1v) is 6.20. The molecule has 13 heavy (non-hydrogen) atoms. The van der Waals surface area contributed by atoms with Gasteiger partial charge in [0, 0.05) is 6.42 Å². The third-order valence-corrected chi connectivity index (χ3v) is 4.81. The van der Waals surface area contributed by atoms with E-state index in [1.54, 1.807) is 0 Å². The molecule has 3 atom stereocenters. The lowest BCUT2D eigenvalue weighted by Gasteiger charge is -2.46. The second-order valence-electron chi connectivity index (χ2n) is 4.94. The Morgan fingerprint density at radius 2 is 2.23 bits per heavy atom. The number of hydrogen-bond acceptors (Lipinski definition) is 1. The van der Waals surface area contributed by atoms with Crippen molar-refractivity contribution in [3.8, 4) is 0 Å². The molecule has 0 unspecified atom stereocenters. The molecule has 2 saturated carbocycles. The fraction of sp³-hybridized carbons (Fsp3) is 0.909. The molecule has 2 aliphatic carbocycles. The van der Waals surface area contributed by atoms with E-state index < -0.39 is 0 Å². The lowest BCUT2D eigenvalue weighted by molar-refractivity contribution is -0.124. The number of Topliss-reactive ketones (excluding diaryl/α,β-unsaturated/α-hetero) is 1. The van der Waals surface area contributed by atoms with Crippen LogP contribution in [0.5, 0.6) is 0 Å². The Kier molecular flexibility index (Phi) is 2.52. The Bertz CT molecular complexity index is 226. The highest BCUT2D eigenvalue weighted by Crippen LogP contribution is 2.50. The summed E-state index contributed by atoms with van der Waals surface area (Å²) in [7, 11) is 0. The molecule has 0 heterocycles. The number of rotatable bonds is 0. The highest BCUT2D eigenvalue weighted by atomic mass is 79.9. The van der Waals surface area contributed by atoms with Crippen LogP contribution < -0.4 is 0 Å². The third-order valence-electron chi connectivity index (χ3n) is 3.98. The zero-order chi connectivity index (χ0) is 9.47. The number of carbonyl (C=O) groups excluding carboxylic acids is 1. The molecule has 2 rings (SSSR count). The van der Waals surface area contributed by atoms with Gasteiger partial charge in [-0.3, -0.25) is 4.79 Å². The summed E-state index contributed by atoms with van der Waals surface area (Å²) in [6.45, 7) is 2.37. The van der Waals surface area contributed by atoms with E-state index in [1.165, 1.54) is 25.7 Å². The van der Waals surface area contributed by atoms with Crippen molar-refractivity contribution in [3.05, 3.63) is 0 Å². The van der Waals surface area contributed by atoms with Gasteiger partial charge in [0.1, 0.15) is 5.78 Å². The third kappa shape index (κ3) is 1.70. The van der Waals surface area contributed by atoms with Gasteiger partial charge in [0.2, 0.25) is 0 Å². The Morgan fingerprint density at radius 1 is 1.46 bits per heavy atom. The van der Waals surface area contributed by atoms with E-state index in [1.807, 2.05) is 0 Å². The van der Waals surface area contributed by atoms with Crippen molar-refractivity contribution in [3.63, 3.8) is 0 Å². The van der Waals surface area contributed by atoms with Gasteiger partial charge < -0.3 is 0 Å². The highest BCUT2D eigenvalue weighted by Gasteiger charge is 2.44. The molecule has 74 valence electrons. The maximum absolute atomic E-state index is 11.5. The largest absolute Gasteiger partial charge is 0.298 e. The van der Waals surface area contributed by atoms with E-state index in [2.05, 4.69) is 22.9 Å². The zero-order valence-corrected chi connectivity index (χ0v) is 9.77. The van der Waals surface area contributed by atoms with Crippen LogP contribution in [0.15, 0.2) is 0 Å². The summed E-state index contributed by atoms with van der Waals surface area (Å²) in [4.78, 5) is 11.7. The Labute approximate surface area is 88.4 Å². The Balaban J connectivity index is 2.15. The van der Waals surface area contributed by atoms with Gasteiger partial charge in [0.15, 0.2) is 0 Å². The van der Waals surface area contributed by atoms with E-state index in [0.29, 0.717) is 17.1 Å². The van der Waals surface area contributed by atoms with Gasteiger partial charge in [-0.1, -0.05) is 35.7 Å². The van der Waals surface area contributed by atoms with Crippen LogP contribution in [-0.4, -0.2) is 10.6 Å². The Morgan fingerprint density at radius 3 is 3.00 bits per heavy atom. The molecule has 0 aliphatic heterocycles. The summed E-state index contributed by atoms with van der Waals surface area (Å²) < 4.78 is 0. The van der Waals surface area contributed by atoms with E-state index in [-0.39, 0.29) is 4.83 Å². The molecule has 0 amide bonds. The molecule has 0 saturated heterocycles. The van der Waals surface area contributed by atoms with Crippen molar-refractivity contribution in [2.75, 3.05) is 0 Å². The predicted octanol–water partition coefficient (Wildman–Crippen LogP) is 3.31. The normalized spacial score (nSPS) is 45.8. The first kappa shape index (κ1) is 9.70. The van der Waals surface area contributed by atoms with Crippen molar-refractivity contribution in [2.24, 2.45) is 11.3 Å². The molecule has 0 radical (unpaired) electrons. The van der Waals surface area contributed by atoms with Gasteiger partial charge in [-0.15, -0.1) is 0 Å². The van der Waals surface area contributed by atoms with Gasteiger partial charge in [-0.05, 0) is 30.6 Å². The summed E-state index contributed by atoms with van der Waals surface area (Å²) in [5.41, 5.74) is 0.459. The minimum absolute atomic E-state index is 0.145. The van der Waals surface area contributed by atoms with E-state index in [9.17, 15) is 4.79 Å². The molecular weight excluding hydrogens is 228 g/mol. The van der Waals surface area contributed by atoms with E-state index in [4.69, 9.17) is 0 Å². The fourth-order valence-electron chi connectivity index (χ4n) is 2.98. The summed E-state index contributed by atoms with van der Waals surface area (Å²) in [5, 5.41) is 0. The number of carbonyl (C=O) groups is 1. The molecule has 1 nitrogen and oxygen atoms in total. The van der Waals surface area contributed by atoms with Gasteiger partial charge in [-0.2, -0.15) is 0 Å². The number of halogens is 1. The predicted molar refractivity (Wildman–Crippen MR) is 57.0 cm³/mol. The average Bonchev–Trinajstić information content (AvgIpc) is 2.07. The smallest absolute Gasteiger partial charge is 0.146 e. The van der Waals surface area contributed by atoms with Gasteiger partial charge in [-0.25, -0.2) is 0 Å². The van der Waals surface area contributed by atoms with Crippen LogP contribution in [-0.2, 0) is 4.79 Å². The number of fused-ring (bicyclic) bond motifs is 1. The summed E-state index contributed by atoms with van der Waals surface area (Å²) in [5.74, 6) is 1.12. The van der Waals surface area contributed by atoms with Crippen LogP contribution in [0.1, 0.15) is 45.4 Å². The molecule has 0 N–H and O–H groups in total.